The minimum atomic E-state index is -0.416. The van der Waals surface area contributed by atoms with Crippen LogP contribution in [-0.2, 0) is 0 Å². The van der Waals surface area contributed by atoms with Gasteiger partial charge in [-0.15, -0.1) is 0 Å². The lowest BCUT2D eigenvalue weighted by Crippen LogP contribution is -2.31. The van der Waals surface area contributed by atoms with Gasteiger partial charge in [0.05, 0.1) is 12.6 Å². The third-order valence-corrected chi connectivity index (χ3v) is 3.18. The molecule has 1 amide bonds. The molecule has 0 heterocycles. The van der Waals surface area contributed by atoms with E-state index < -0.39 is 6.04 Å². The van der Waals surface area contributed by atoms with E-state index in [4.69, 9.17) is 5.73 Å². The molecule has 20 heavy (non-hydrogen) atoms. The Morgan fingerprint density at radius 2 is 1.95 bits per heavy atom. The number of nitrogens with two attached hydrogens (primary N) is 1. The molecular formula is C16H18N2O2. The normalized spacial score (nSPS) is 11.9. The zero-order valence-electron chi connectivity index (χ0n) is 11.3. The van der Waals surface area contributed by atoms with E-state index >= 15 is 0 Å². The number of carbonyl (C=O) groups excluding carboxylic acids is 1. The number of hydrogen-bond acceptors (Lipinski definition) is 3. The Balaban J connectivity index is 2.17. The van der Waals surface area contributed by atoms with E-state index in [1.165, 1.54) is 0 Å². The minimum absolute atomic E-state index is 0.149. The summed E-state index contributed by atoms with van der Waals surface area (Å²) in [4.78, 5) is 12.3. The molecule has 0 aliphatic rings. The third kappa shape index (κ3) is 3.16. The molecule has 1 atom stereocenters. The maximum Gasteiger partial charge on any atom is 0.252 e. The van der Waals surface area contributed by atoms with Gasteiger partial charge in [0.15, 0.2) is 0 Å². The maximum absolute atomic E-state index is 12.3. The second kappa shape index (κ2) is 6.21. The Kier molecular flexibility index (Phi) is 4.38. The van der Waals surface area contributed by atoms with Crippen LogP contribution >= 0.6 is 0 Å². The smallest absolute Gasteiger partial charge is 0.252 e. The van der Waals surface area contributed by atoms with Crippen molar-refractivity contribution in [1.29, 1.82) is 0 Å². The van der Waals surface area contributed by atoms with Crippen LogP contribution in [0.5, 0.6) is 0 Å². The molecule has 0 aliphatic carbocycles. The molecule has 2 aromatic rings. The Morgan fingerprint density at radius 3 is 2.55 bits per heavy atom. The Morgan fingerprint density at radius 1 is 1.25 bits per heavy atom. The average Bonchev–Trinajstić information content (AvgIpc) is 2.45. The van der Waals surface area contributed by atoms with Crippen molar-refractivity contribution >= 4 is 11.6 Å². The van der Waals surface area contributed by atoms with Crippen LogP contribution in [-0.4, -0.2) is 17.6 Å². The number of hydrogen-bond donors (Lipinski definition) is 3. The van der Waals surface area contributed by atoms with Gasteiger partial charge in [-0.25, -0.2) is 0 Å². The van der Waals surface area contributed by atoms with Gasteiger partial charge in [-0.1, -0.05) is 30.3 Å². The predicted octanol–water partition coefficient (Wildman–Crippen LogP) is 2.04. The molecule has 0 aromatic heterocycles. The van der Waals surface area contributed by atoms with E-state index in [9.17, 15) is 9.90 Å². The second-order valence-electron chi connectivity index (χ2n) is 4.69. The fraction of sp³-hybridized carbons (Fsp3) is 0.188. The number of anilines is 1. The number of carbonyl (C=O) groups is 1. The van der Waals surface area contributed by atoms with Crippen LogP contribution in [0.15, 0.2) is 48.5 Å². The number of aliphatic hydroxyl groups excluding tert-OH is 1. The van der Waals surface area contributed by atoms with Gasteiger partial charge < -0.3 is 16.2 Å². The van der Waals surface area contributed by atoms with Crippen LogP contribution in [0.4, 0.5) is 5.69 Å². The summed E-state index contributed by atoms with van der Waals surface area (Å²) in [5.41, 5.74) is 8.55. The van der Waals surface area contributed by atoms with Crippen molar-refractivity contribution in [3.05, 3.63) is 65.2 Å². The molecular weight excluding hydrogens is 252 g/mol. The van der Waals surface area contributed by atoms with E-state index in [1.807, 2.05) is 37.3 Å². The molecule has 4 N–H and O–H groups in total. The first kappa shape index (κ1) is 14.1. The zero-order chi connectivity index (χ0) is 14.5. The van der Waals surface area contributed by atoms with Crippen molar-refractivity contribution in [3.8, 4) is 0 Å². The monoisotopic (exact) mass is 270 g/mol. The SMILES string of the molecule is Cc1cc(N)ccc1C(=O)N[C@H](CO)c1ccccc1. The lowest BCUT2D eigenvalue weighted by Gasteiger charge is -2.17. The predicted molar refractivity (Wildman–Crippen MR) is 79.3 cm³/mol. The van der Waals surface area contributed by atoms with Crippen LogP contribution in [0.3, 0.4) is 0 Å². The van der Waals surface area contributed by atoms with Crippen molar-refractivity contribution < 1.29 is 9.90 Å². The van der Waals surface area contributed by atoms with E-state index in [0.717, 1.165) is 11.1 Å². The molecule has 0 saturated carbocycles. The molecule has 104 valence electrons. The number of nitrogen functional groups attached to an aromatic ring is 1. The Bertz CT molecular complexity index is 597. The molecule has 0 spiro atoms. The van der Waals surface area contributed by atoms with Crippen LogP contribution in [0.1, 0.15) is 27.5 Å². The maximum atomic E-state index is 12.3. The highest BCUT2D eigenvalue weighted by molar-refractivity contribution is 5.96. The zero-order valence-corrected chi connectivity index (χ0v) is 11.3. The van der Waals surface area contributed by atoms with Gasteiger partial charge in [-0.3, -0.25) is 4.79 Å². The fourth-order valence-electron chi connectivity index (χ4n) is 2.10. The third-order valence-electron chi connectivity index (χ3n) is 3.18. The topological polar surface area (TPSA) is 75.4 Å². The van der Waals surface area contributed by atoms with Crippen LogP contribution in [0.2, 0.25) is 0 Å². The second-order valence-corrected chi connectivity index (χ2v) is 4.69. The average molecular weight is 270 g/mol. The number of amides is 1. The first-order chi connectivity index (χ1) is 9.61. The van der Waals surface area contributed by atoms with Crippen LogP contribution < -0.4 is 11.1 Å². The summed E-state index contributed by atoms with van der Waals surface area (Å²) in [5.74, 6) is -0.217. The number of nitrogens with one attached hydrogen (secondary N) is 1. The van der Waals surface area contributed by atoms with E-state index in [1.54, 1.807) is 18.2 Å². The fourth-order valence-corrected chi connectivity index (χ4v) is 2.10. The standard InChI is InChI=1S/C16H18N2O2/c1-11-9-13(17)7-8-14(11)16(20)18-15(10-19)12-5-3-2-4-6-12/h2-9,15,19H,10,17H2,1H3,(H,18,20)/t15-/m1/s1. The molecule has 2 aromatic carbocycles. The van der Waals surface area contributed by atoms with E-state index in [0.29, 0.717) is 11.3 Å². The summed E-state index contributed by atoms with van der Waals surface area (Å²) >= 11 is 0. The Labute approximate surface area is 118 Å². The van der Waals surface area contributed by atoms with Crippen molar-refractivity contribution in [1.82, 2.24) is 5.32 Å². The minimum Gasteiger partial charge on any atom is -0.399 e. The van der Waals surface area contributed by atoms with Gasteiger partial charge in [-0.2, -0.15) is 0 Å². The van der Waals surface area contributed by atoms with Gasteiger partial charge in [0, 0.05) is 11.3 Å². The molecule has 2 rings (SSSR count). The summed E-state index contributed by atoms with van der Waals surface area (Å²) in [6, 6.07) is 14.1. The summed E-state index contributed by atoms with van der Waals surface area (Å²) in [5, 5.41) is 12.3. The lowest BCUT2D eigenvalue weighted by atomic mass is 10.0. The largest absolute Gasteiger partial charge is 0.399 e. The highest BCUT2D eigenvalue weighted by Gasteiger charge is 2.16. The number of aliphatic hydroxyl groups is 1. The molecule has 0 aliphatic heterocycles. The van der Waals surface area contributed by atoms with Crippen molar-refractivity contribution in [2.75, 3.05) is 12.3 Å². The highest BCUT2D eigenvalue weighted by atomic mass is 16.3. The summed E-state index contributed by atoms with van der Waals surface area (Å²) in [6.07, 6.45) is 0. The first-order valence-corrected chi connectivity index (χ1v) is 6.44. The molecule has 0 radical (unpaired) electrons. The van der Waals surface area contributed by atoms with Crippen LogP contribution in [0.25, 0.3) is 0 Å². The van der Waals surface area contributed by atoms with Crippen molar-refractivity contribution in [3.63, 3.8) is 0 Å². The first-order valence-electron chi connectivity index (χ1n) is 6.44. The molecule has 4 heteroatoms. The van der Waals surface area contributed by atoms with Crippen molar-refractivity contribution in [2.24, 2.45) is 0 Å². The molecule has 0 fully saturated rings. The van der Waals surface area contributed by atoms with Gasteiger partial charge in [0.2, 0.25) is 0 Å². The molecule has 0 saturated heterocycles. The van der Waals surface area contributed by atoms with Gasteiger partial charge in [0.1, 0.15) is 0 Å². The number of benzene rings is 2. The number of aryl methyl sites for hydroxylation is 1. The quantitative estimate of drug-likeness (QED) is 0.744. The van der Waals surface area contributed by atoms with E-state index in [2.05, 4.69) is 5.32 Å². The van der Waals surface area contributed by atoms with Gasteiger partial charge in [-0.05, 0) is 36.2 Å². The summed E-state index contributed by atoms with van der Waals surface area (Å²) in [6.45, 7) is 1.69. The summed E-state index contributed by atoms with van der Waals surface area (Å²) in [7, 11) is 0. The van der Waals surface area contributed by atoms with Gasteiger partial charge in [0.25, 0.3) is 5.91 Å². The molecule has 0 bridgehead atoms. The lowest BCUT2D eigenvalue weighted by molar-refractivity contribution is 0.0915. The molecule has 0 unspecified atom stereocenters. The Hall–Kier alpha value is -2.33. The number of rotatable bonds is 4. The van der Waals surface area contributed by atoms with Crippen molar-refractivity contribution in [2.45, 2.75) is 13.0 Å². The molecule has 4 nitrogen and oxygen atoms in total. The summed E-state index contributed by atoms with van der Waals surface area (Å²) < 4.78 is 0. The van der Waals surface area contributed by atoms with Crippen LogP contribution in [0, 0.1) is 6.92 Å². The highest BCUT2D eigenvalue weighted by Crippen LogP contribution is 2.16. The van der Waals surface area contributed by atoms with E-state index in [-0.39, 0.29) is 12.5 Å². The van der Waals surface area contributed by atoms with Gasteiger partial charge >= 0.3 is 0 Å².